The van der Waals surface area contributed by atoms with Crippen molar-refractivity contribution in [2.45, 2.75) is 6.42 Å². The molecular weight excluding hydrogens is 324 g/mol. The fourth-order valence-corrected chi connectivity index (χ4v) is 3.78. The van der Waals surface area contributed by atoms with Crippen LogP contribution in [0.15, 0.2) is 47.8 Å². The lowest BCUT2D eigenvalue weighted by atomic mass is 9.82. The molecule has 0 unspecified atom stereocenters. The van der Waals surface area contributed by atoms with Crippen molar-refractivity contribution in [1.29, 1.82) is 0 Å². The summed E-state index contributed by atoms with van der Waals surface area (Å²) >= 11 is 1.52. The Labute approximate surface area is 141 Å². The first-order valence-electron chi connectivity index (χ1n) is 7.36. The summed E-state index contributed by atoms with van der Waals surface area (Å²) in [5.41, 5.74) is 0.694. The molecule has 1 heterocycles. The SMILES string of the molecule is O=C1c2ccccc2C(=O)c2c(O)c(Cc3cccs3)cc(O)c21. The third-order valence-electron chi connectivity index (χ3n) is 4.17. The highest BCUT2D eigenvalue weighted by Crippen LogP contribution is 2.40. The summed E-state index contributed by atoms with van der Waals surface area (Å²) in [7, 11) is 0. The molecule has 24 heavy (non-hydrogen) atoms. The van der Waals surface area contributed by atoms with Crippen LogP contribution in [0, 0.1) is 0 Å². The zero-order valence-electron chi connectivity index (χ0n) is 12.4. The molecule has 4 rings (SSSR count). The number of hydrogen-bond acceptors (Lipinski definition) is 5. The largest absolute Gasteiger partial charge is 0.507 e. The van der Waals surface area contributed by atoms with Crippen molar-refractivity contribution >= 4 is 22.9 Å². The van der Waals surface area contributed by atoms with E-state index in [1.165, 1.54) is 17.4 Å². The lowest BCUT2D eigenvalue weighted by Crippen LogP contribution is -2.21. The third-order valence-corrected chi connectivity index (χ3v) is 5.05. The average molecular weight is 336 g/mol. The second kappa shape index (κ2) is 5.32. The molecular formula is C19H12O4S. The van der Waals surface area contributed by atoms with E-state index in [1.54, 1.807) is 24.3 Å². The average Bonchev–Trinajstić information content (AvgIpc) is 3.08. The van der Waals surface area contributed by atoms with Crippen LogP contribution in [0.1, 0.15) is 42.3 Å². The molecule has 0 aliphatic heterocycles. The number of rotatable bonds is 2. The summed E-state index contributed by atoms with van der Waals surface area (Å²) in [6.45, 7) is 0. The van der Waals surface area contributed by atoms with Crippen LogP contribution < -0.4 is 0 Å². The van der Waals surface area contributed by atoms with Gasteiger partial charge in [0.05, 0.1) is 11.1 Å². The fraction of sp³-hybridized carbons (Fsp3) is 0.0526. The Kier molecular flexibility index (Phi) is 3.25. The maximum atomic E-state index is 12.8. The summed E-state index contributed by atoms with van der Waals surface area (Å²) in [4.78, 5) is 26.4. The van der Waals surface area contributed by atoms with E-state index in [-0.39, 0.29) is 33.8 Å². The van der Waals surface area contributed by atoms with E-state index in [1.807, 2.05) is 17.5 Å². The number of benzene rings is 2. The van der Waals surface area contributed by atoms with Crippen LogP contribution >= 0.6 is 11.3 Å². The Balaban J connectivity index is 1.93. The lowest BCUT2D eigenvalue weighted by molar-refractivity contribution is 0.0974. The van der Waals surface area contributed by atoms with Gasteiger partial charge in [0, 0.05) is 28.0 Å². The Morgan fingerprint density at radius 2 is 1.54 bits per heavy atom. The molecule has 0 spiro atoms. The fourth-order valence-electron chi connectivity index (χ4n) is 3.05. The van der Waals surface area contributed by atoms with Gasteiger partial charge >= 0.3 is 0 Å². The zero-order chi connectivity index (χ0) is 16.8. The number of fused-ring (bicyclic) bond motifs is 2. The highest BCUT2D eigenvalue weighted by Gasteiger charge is 2.35. The van der Waals surface area contributed by atoms with Crippen LogP contribution in [0.25, 0.3) is 0 Å². The van der Waals surface area contributed by atoms with Crippen molar-refractivity contribution in [3.63, 3.8) is 0 Å². The van der Waals surface area contributed by atoms with Gasteiger partial charge < -0.3 is 10.2 Å². The van der Waals surface area contributed by atoms with Gasteiger partial charge in [0.15, 0.2) is 11.6 Å². The Hall–Kier alpha value is -2.92. The first-order chi connectivity index (χ1) is 11.6. The molecule has 1 aromatic heterocycles. The second-order valence-electron chi connectivity index (χ2n) is 5.61. The van der Waals surface area contributed by atoms with Gasteiger partial charge in [0.25, 0.3) is 0 Å². The first kappa shape index (κ1) is 14.7. The van der Waals surface area contributed by atoms with Crippen molar-refractivity contribution in [2.75, 3.05) is 0 Å². The van der Waals surface area contributed by atoms with Crippen molar-refractivity contribution in [3.05, 3.63) is 80.5 Å². The van der Waals surface area contributed by atoms with E-state index in [4.69, 9.17) is 0 Å². The maximum Gasteiger partial charge on any atom is 0.198 e. The standard InChI is InChI=1S/C19H12O4S/c20-14-9-10(8-11-4-3-7-24-11)17(21)16-15(14)18(22)12-5-1-2-6-13(12)19(16)23/h1-7,9,20-21H,8H2. The molecule has 1 aliphatic carbocycles. The quantitative estimate of drug-likeness (QED) is 0.549. The molecule has 0 fully saturated rings. The molecule has 0 bridgehead atoms. The van der Waals surface area contributed by atoms with Crippen molar-refractivity contribution in [1.82, 2.24) is 0 Å². The third kappa shape index (κ3) is 2.06. The zero-order valence-corrected chi connectivity index (χ0v) is 13.3. The second-order valence-corrected chi connectivity index (χ2v) is 6.65. The monoisotopic (exact) mass is 336 g/mol. The van der Waals surface area contributed by atoms with Gasteiger partial charge in [-0.1, -0.05) is 30.3 Å². The number of thiophene rings is 1. The number of hydrogen-bond donors (Lipinski definition) is 2. The maximum absolute atomic E-state index is 12.8. The van der Waals surface area contributed by atoms with Gasteiger partial charge in [-0.15, -0.1) is 11.3 Å². The summed E-state index contributed by atoms with van der Waals surface area (Å²) in [5, 5.41) is 22.8. The minimum atomic E-state index is -0.448. The van der Waals surface area contributed by atoms with Crippen LogP contribution in [0.4, 0.5) is 0 Å². The van der Waals surface area contributed by atoms with Crippen molar-refractivity contribution in [3.8, 4) is 11.5 Å². The van der Waals surface area contributed by atoms with Gasteiger partial charge in [-0.05, 0) is 17.5 Å². The summed E-state index contributed by atoms with van der Waals surface area (Å²) in [6, 6.07) is 11.6. The Morgan fingerprint density at radius 3 is 2.17 bits per heavy atom. The van der Waals surface area contributed by atoms with Crippen LogP contribution in [0.5, 0.6) is 11.5 Å². The van der Waals surface area contributed by atoms with E-state index < -0.39 is 11.6 Å². The molecule has 0 saturated heterocycles. The molecule has 0 amide bonds. The van der Waals surface area contributed by atoms with Gasteiger partial charge in [-0.2, -0.15) is 0 Å². The molecule has 0 saturated carbocycles. The number of aromatic hydroxyl groups is 2. The van der Waals surface area contributed by atoms with E-state index >= 15 is 0 Å². The molecule has 5 heteroatoms. The summed E-state index contributed by atoms with van der Waals surface area (Å²) in [6.07, 6.45) is 0.382. The molecule has 118 valence electrons. The predicted molar refractivity (Wildman–Crippen MR) is 90.2 cm³/mol. The van der Waals surface area contributed by atoms with Crippen molar-refractivity contribution < 1.29 is 19.8 Å². The van der Waals surface area contributed by atoms with Crippen LogP contribution in [-0.4, -0.2) is 21.8 Å². The highest BCUT2D eigenvalue weighted by molar-refractivity contribution is 7.09. The molecule has 1 aliphatic rings. The lowest BCUT2D eigenvalue weighted by Gasteiger charge is -2.20. The molecule has 2 aromatic carbocycles. The van der Waals surface area contributed by atoms with Crippen LogP contribution in [-0.2, 0) is 6.42 Å². The number of ketones is 2. The smallest absolute Gasteiger partial charge is 0.198 e. The number of carbonyl (C=O) groups is 2. The predicted octanol–water partition coefficient (Wildman–Crippen LogP) is 3.53. The number of carbonyl (C=O) groups excluding carboxylic acids is 2. The molecule has 4 nitrogen and oxygen atoms in total. The van der Waals surface area contributed by atoms with Gasteiger partial charge in [-0.3, -0.25) is 9.59 Å². The molecule has 0 radical (unpaired) electrons. The normalized spacial score (nSPS) is 12.8. The number of phenols is 2. The van der Waals surface area contributed by atoms with E-state index in [0.717, 1.165) is 4.88 Å². The minimum absolute atomic E-state index is 0.106. The topological polar surface area (TPSA) is 74.6 Å². The molecule has 0 atom stereocenters. The minimum Gasteiger partial charge on any atom is -0.507 e. The van der Waals surface area contributed by atoms with Gasteiger partial charge in [0.2, 0.25) is 0 Å². The first-order valence-corrected chi connectivity index (χ1v) is 8.24. The summed E-state index contributed by atoms with van der Waals surface area (Å²) < 4.78 is 0. The Morgan fingerprint density at radius 1 is 0.875 bits per heavy atom. The summed E-state index contributed by atoms with van der Waals surface area (Å²) in [5.74, 6) is -1.40. The van der Waals surface area contributed by atoms with E-state index in [0.29, 0.717) is 12.0 Å². The highest BCUT2D eigenvalue weighted by atomic mass is 32.1. The molecule has 3 aromatic rings. The van der Waals surface area contributed by atoms with Gasteiger partial charge in [0.1, 0.15) is 11.5 Å². The van der Waals surface area contributed by atoms with Crippen molar-refractivity contribution in [2.24, 2.45) is 0 Å². The van der Waals surface area contributed by atoms with E-state index in [2.05, 4.69) is 0 Å². The van der Waals surface area contributed by atoms with Crippen LogP contribution in [0.2, 0.25) is 0 Å². The van der Waals surface area contributed by atoms with E-state index in [9.17, 15) is 19.8 Å². The van der Waals surface area contributed by atoms with Gasteiger partial charge in [-0.25, -0.2) is 0 Å². The van der Waals surface area contributed by atoms with Crippen LogP contribution in [0.3, 0.4) is 0 Å². The number of phenolic OH excluding ortho intramolecular Hbond substituents is 2. The molecule has 2 N–H and O–H groups in total. The Bertz CT molecular complexity index is 987.